The molecule has 0 bridgehead atoms. The molecule has 2 aromatic rings. The highest BCUT2D eigenvalue weighted by Gasteiger charge is 2.09. The number of carboxylic acids is 1. The largest absolute Gasteiger partial charge is 0.477 e. The molecule has 0 unspecified atom stereocenters. The molecule has 0 aliphatic rings. The fourth-order valence-corrected chi connectivity index (χ4v) is 1.70. The van der Waals surface area contributed by atoms with E-state index in [4.69, 9.17) is 5.11 Å². The number of carboxylic acid groups (broad SMARTS) is 1. The van der Waals surface area contributed by atoms with Crippen LogP contribution in [0, 0.1) is 13.8 Å². The average molecular weight is 227 g/mol. The summed E-state index contributed by atoms with van der Waals surface area (Å²) in [7, 11) is 0. The summed E-state index contributed by atoms with van der Waals surface area (Å²) in [4.78, 5) is 14.8. The molecule has 1 N–H and O–H groups in total. The molecule has 0 aliphatic heterocycles. The van der Waals surface area contributed by atoms with E-state index in [1.807, 2.05) is 37.3 Å². The molecule has 3 nitrogen and oxygen atoms in total. The van der Waals surface area contributed by atoms with Gasteiger partial charge < -0.3 is 5.11 Å². The van der Waals surface area contributed by atoms with Crippen molar-refractivity contribution < 1.29 is 9.90 Å². The summed E-state index contributed by atoms with van der Waals surface area (Å²) in [6.07, 6.45) is 1.60. The lowest BCUT2D eigenvalue weighted by Crippen LogP contribution is -2.03. The zero-order valence-electron chi connectivity index (χ0n) is 9.77. The Bertz CT molecular complexity index is 559. The van der Waals surface area contributed by atoms with Crippen LogP contribution in [0.1, 0.15) is 21.6 Å². The first-order valence-corrected chi connectivity index (χ1v) is 5.35. The predicted molar refractivity (Wildman–Crippen MR) is 66.1 cm³/mol. The van der Waals surface area contributed by atoms with Crippen molar-refractivity contribution in [3.63, 3.8) is 0 Å². The van der Waals surface area contributed by atoms with Crippen LogP contribution in [0.2, 0.25) is 0 Å². The third-order valence-corrected chi connectivity index (χ3v) is 2.67. The second-order valence-corrected chi connectivity index (χ2v) is 4.06. The number of aryl methyl sites for hydroxylation is 2. The first-order valence-electron chi connectivity index (χ1n) is 5.35. The lowest BCUT2D eigenvalue weighted by atomic mass is 10.0. The molecule has 0 fully saturated rings. The third kappa shape index (κ3) is 2.33. The molecule has 86 valence electrons. The molecule has 0 aliphatic carbocycles. The molecule has 2 rings (SSSR count). The monoisotopic (exact) mass is 227 g/mol. The molecule has 0 spiro atoms. The van der Waals surface area contributed by atoms with Crippen LogP contribution >= 0.6 is 0 Å². The summed E-state index contributed by atoms with van der Waals surface area (Å²) >= 11 is 0. The first kappa shape index (κ1) is 11.3. The molecular formula is C14H13NO2. The van der Waals surface area contributed by atoms with Crippen molar-refractivity contribution in [2.75, 3.05) is 0 Å². The van der Waals surface area contributed by atoms with Gasteiger partial charge in [0.1, 0.15) is 0 Å². The fraction of sp³-hybridized carbons (Fsp3) is 0.143. The minimum absolute atomic E-state index is 0.112. The van der Waals surface area contributed by atoms with Gasteiger partial charge in [0.05, 0.1) is 0 Å². The van der Waals surface area contributed by atoms with Crippen LogP contribution in [-0.4, -0.2) is 16.1 Å². The van der Waals surface area contributed by atoms with Gasteiger partial charge in [-0.3, -0.25) is 0 Å². The van der Waals surface area contributed by atoms with E-state index in [9.17, 15) is 4.79 Å². The molecule has 0 saturated carbocycles. The van der Waals surface area contributed by atoms with Gasteiger partial charge in [0, 0.05) is 11.8 Å². The second kappa shape index (κ2) is 4.37. The van der Waals surface area contributed by atoms with Crippen LogP contribution in [-0.2, 0) is 0 Å². The number of aromatic nitrogens is 1. The van der Waals surface area contributed by atoms with E-state index in [0.29, 0.717) is 5.56 Å². The number of nitrogens with zero attached hydrogens (tertiary/aromatic N) is 1. The number of benzene rings is 1. The van der Waals surface area contributed by atoms with Gasteiger partial charge in [0.15, 0.2) is 5.69 Å². The van der Waals surface area contributed by atoms with Gasteiger partial charge in [-0.25, -0.2) is 9.78 Å². The highest BCUT2D eigenvalue weighted by molar-refractivity contribution is 5.87. The summed E-state index contributed by atoms with van der Waals surface area (Å²) in [6, 6.07) is 9.91. The molecule has 3 heteroatoms. The quantitative estimate of drug-likeness (QED) is 0.857. The van der Waals surface area contributed by atoms with Crippen molar-refractivity contribution in [3.8, 4) is 11.1 Å². The summed E-state index contributed by atoms with van der Waals surface area (Å²) in [5.74, 6) is -0.988. The lowest BCUT2D eigenvalue weighted by molar-refractivity contribution is 0.0689. The van der Waals surface area contributed by atoms with Crippen molar-refractivity contribution in [2.45, 2.75) is 13.8 Å². The topological polar surface area (TPSA) is 50.2 Å². The molecule has 0 amide bonds. The normalized spacial score (nSPS) is 10.2. The third-order valence-electron chi connectivity index (χ3n) is 2.67. The van der Waals surface area contributed by atoms with E-state index in [1.54, 1.807) is 13.1 Å². The number of pyridine rings is 1. The van der Waals surface area contributed by atoms with Gasteiger partial charge in [0.25, 0.3) is 0 Å². The fourth-order valence-electron chi connectivity index (χ4n) is 1.70. The van der Waals surface area contributed by atoms with E-state index in [0.717, 1.165) is 11.1 Å². The maximum atomic E-state index is 10.9. The zero-order valence-corrected chi connectivity index (χ0v) is 9.77. The number of aromatic carboxylic acids is 1. The maximum Gasteiger partial charge on any atom is 0.354 e. The van der Waals surface area contributed by atoms with Crippen LogP contribution in [0.15, 0.2) is 36.5 Å². The number of rotatable bonds is 2. The highest BCUT2D eigenvalue weighted by Crippen LogP contribution is 2.21. The van der Waals surface area contributed by atoms with Crippen molar-refractivity contribution >= 4 is 5.97 Å². The smallest absolute Gasteiger partial charge is 0.354 e. The van der Waals surface area contributed by atoms with Gasteiger partial charge in [-0.15, -0.1) is 0 Å². The van der Waals surface area contributed by atoms with E-state index in [1.165, 1.54) is 5.56 Å². The van der Waals surface area contributed by atoms with Crippen LogP contribution < -0.4 is 0 Å². The number of hydrogen-bond acceptors (Lipinski definition) is 2. The summed E-state index contributed by atoms with van der Waals surface area (Å²) in [6.45, 7) is 3.79. The van der Waals surface area contributed by atoms with Crippen molar-refractivity contribution in [1.82, 2.24) is 4.98 Å². The van der Waals surface area contributed by atoms with E-state index < -0.39 is 5.97 Å². The molecule has 0 atom stereocenters. The van der Waals surface area contributed by atoms with Gasteiger partial charge in [-0.1, -0.05) is 29.8 Å². The maximum absolute atomic E-state index is 10.9. The van der Waals surface area contributed by atoms with E-state index in [-0.39, 0.29) is 5.69 Å². The Hall–Kier alpha value is -2.16. The van der Waals surface area contributed by atoms with Crippen LogP contribution in [0.5, 0.6) is 0 Å². The Labute approximate surface area is 99.8 Å². The standard InChI is InChI=1S/C14H13NO2/c1-9-3-5-11(6-4-9)12-7-10(2)13(14(16)17)15-8-12/h3-8H,1-2H3,(H,16,17). The Morgan fingerprint density at radius 1 is 1.12 bits per heavy atom. The van der Waals surface area contributed by atoms with Gasteiger partial charge in [-0.05, 0) is 31.0 Å². The molecule has 1 aromatic carbocycles. The summed E-state index contributed by atoms with van der Waals surface area (Å²) in [5.41, 5.74) is 3.97. The summed E-state index contributed by atoms with van der Waals surface area (Å²) in [5, 5.41) is 8.90. The van der Waals surface area contributed by atoms with Crippen LogP contribution in [0.4, 0.5) is 0 Å². The van der Waals surface area contributed by atoms with E-state index in [2.05, 4.69) is 4.98 Å². The van der Waals surface area contributed by atoms with Crippen molar-refractivity contribution in [2.24, 2.45) is 0 Å². The highest BCUT2D eigenvalue weighted by atomic mass is 16.4. The predicted octanol–water partition coefficient (Wildman–Crippen LogP) is 3.06. The first-order chi connectivity index (χ1) is 8.08. The summed E-state index contributed by atoms with van der Waals surface area (Å²) < 4.78 is 0. The number of carbonyl (C=O) groups is 1. The molecule has 0 saturated heterocycles. The SMILES string of the molecule is Cc1ccc(-c2cnc(C(=O)O)c(C)c2)cc1. The molecule has 17 heavy (non-hydrogen) atoms. The molecular weight excluding hydrogens is 214 g/mol. The Balaban J connectivity index is 2.44. The minimum atomic E-state index is -0.988. The van der Waals surface area contributed by atoms with Crippen LogP contribution in [0.25, 0.3) is 11.1 Å². The van der Waals surface area contributed by atoms with Crippen molar-refractivity contribution in [1.29, 1.82) is 0 Å². The molecule has 1 heterocycles. The van der Waals surface area contributed by atoms with Gasteiger partial charge in [-0.2, -0.15) is 0 Å². The molecule has 1 aromatic heterocycles. The Kier molecular flexibility index (Phi) is 2.91. The van der Waals surface area contributed by atoms with Crippen LogP contribution in [0.3, 0.4) is 0 Å². The van der Waals surface area contributed by atoms with Gasteiger partial charge >= 0.3 is 5.97 Å². The number of hydrogen-bond donors (Lipinski definition) is 1. The second-order valence-electron chi connectivity index (χ2n) is 4.06. The lowest BCUT2D eigenvalue weighted by Gasteiger charge is -2.05. The minimum Gasteiger partial charge on any atom is -0.477 e. The van der Waals surface area contributed by atoms with Crippen molar-refractivity contribution in [3.05, 3.63) is 53.3 Å². The molecule has 0 radical (unpaired) electrons. The zero-order chi connectivity index (χ0) is 12.4. The average Bonchev–Trinajstić information content (AvgIpc) is 2.29. The van der Waals surface area contributed by atoms with Gasteiger partial charge in [0.2, 0.25) is 0 Å². The Morgan fingerprint density at radius 2 is 1.76 bits per heavy atom. The van der Waals surface area contributed by atoms with E-state index >= 15 is 0 Å². The Morgan fingerprint density at radius 3 is 2.29 bits per heavy atom.